The van der Waals surface area contributed by atoms with E-state index in [1.165, 1.54) is 0 Å². The molecule has 2 atom stereocenters. The average molecular weight is 333 g/mol. The van der Waals surface area contributed by atoms with Gasteiger partial charge in [-0.2, -0.15) is 0 Å². The van der Waals surface area contributed by atoms with E-state index in [9.17, 15) is 9.59 Å². The van der Waals surface area contributed by atoms with E-state index in [1.807, 2.05) is 0 Å². The number of aliphatic carboxylic acids is 1. The normalized spacial score (nSPS) is 28.1. The lowest BCUT2D eigenvalue weighted by Gasteiger charge is -2.36. The molecule has 7 heteroatoms. The molecule has 0 aromatic heterocycles. The van der Waals surface area contributed by atoms with Gasteiger partial charge in [-0.05, 0) is 19.3 Å². The molecule has 2 unspecified atom stereocenters. The Labute approximate surface area is 133 Å². The van der Waals surface area contributed by atoms with Crippen molar-refractivity contribution >= 4 is 33.5 Å². The van der Waals surface area contributed by atoms with Crippen LogP contribution in [0.1, 0.15) is 38.5 Å². The van der Waals surface area contributed by atoms with Gasteiger partial charge in [0.25, 0.3) is 0 Å². The summed E-state index contributed by atoms with van der Waals surface area (Å²) in [6, 6.07) is 0. The van der Waals surface area contributed by atoms with E-state index in [1.54, 1.807) is 21.6 Å². The smallest absolute Gasteiger partial charge is 0.304 e. The maximum atomic E-state index is 12.5. The monoisotopic (exact) mass is 333 g/mol. The number of amides is 1. The molecule has 2 N–H and O–H groups in total. The zero-order valence-electron chi connectivity index (χ0n) is 12.1. The Bertz CT molecular complexity index is 380. The number of carbonyl (C=O) groups excluding carboxylic acids is 1. The number of carboxylic acids is 1. The van der Waals surface area contributed by atoms with Crippen molar-refractivity contribution in [3.05, 3.63) is 0 Å². The minimum atomic E-state index is -0.764. The number of hydrogen-bond acceptors (Lipinski definition) is 5. The number of carboxylic acid groups (broad SMARTS) is 1. The van der Waals surface area contributed by atoms with Gasteiger partial charge in [-0.1, -0.05) is 34.4 Å². The molecule has 0 radical (unpaired) electrons. The molecule has 120 valence electrons. The van der Waals surface area contributed by atoms with Crippen LogP contribution in [0.15, 0.2) is 0 Å². The van der Waals surface area contributed by atoms with Crippen LogP contribution in [0, 0.1) is 5.41 Å². The molecule has 5 nitrogen and oxygen atoms in total. The van der Waals surface area contributed by atoms with Gasteiger partial charge in [0.15, 0.2) is 0 Å². The van der Waals surface area contributed by atoms with Crippen molar-refractivity contribution in [3.8, 4) is 0 Å². The van der Waals surface area contributed by atoms with Crippen LogP contribution in [0.2, 0.25) is 0 Å². The zero-order chi connectivity index (χ0) is 15.1. The largest absolute Gasteiger partial charge is 0.481 e. The number of hydrogen-bond donors (Lipinski definition) is 2. The van der Waals surface area contributed by atoms with E-state index in [0.29, 0.717) is 18.9 Å². The lowest BCUT2D eigenvalue weighted by molar-refractivity contribution is -0.137. The van der Waals surface area contributed by atoms with Crippen LogP contribution in [0.25, 0.3) is 0 Å². The first-order valence-electron chi connectivity index (χ1n) is 7.51. The van der Waals surface area contributed by atoms with Crippen LogP contribution in [0.4, 0.5) is 0 Å². The summed E-state index contributed by atoms with van der Waals surface area (Å²) in [6.45, 7) is 1.34. The molecule has 21 heavy (non-hydrogen) atoms. The molecule has 1 heterocycles. The Kier molecular flexibility index (Phi) is 6.70. The number of rotatable bonds is 8. The summed E-state index contributed by atoms with van der Waals surface area (Å²) in [4.78, 5) is 22.9. The Morgan fingerprint density at radius 3 is 2.86 bits per heavy atom. The van der Waals surface area contributed by atoms with Gasteiger partial charge < -0.3 is 15.2 Å². The standard InChI is InChI=1S/C14H23NO4S2/c16-12(17)4-9-20-21-10-7-15-13(18)14-5-2-1-3-11(14)19-8-6-14/h11H,1-10H2,(H,15,18)(H,16,17). The zero-order valence-corrected chi connectivity index (χ0v) is 13.8. The molecule has 2 fully saturated rings. The number of fused-ring (bicyclic) bond motifs is 1. The molecular weight excluding hydrogens is 310 g/mol. The van der Waals surface area contributed by atoms with Crippen molar-refractivity contribution in [1.29, 1.82) is 0 Å². The van der Waals surface area contributed by atoms with E-state index >= 15 is 0 Å². The third kappa shape index (κ3) is 4.53. The molecule has 0 aromatic rings. The molecule has 1 amide bonds. The van der Waals surface area contributed by atoms with E-state index in [0.717, 1.165) is 37.9 Å². The van der Waals surface area contributed by atoms with E-state index in [-0.39, 0.29) is 23.8 Å². The number of nitrogens with one attached hydrogen (secondary N) is 1. The highest BCUT2D eigenvalue weighted by atomic mass is 33.1. The highest BCUT2D eigenvalue weighted by molar-refractivity contribution is 8.76. The molecule has 0 bridgehead atoms. The summed E-state index contributed by atoms with van der Waals surface area (Å²) in [5.74, 6) is 0.798. The first kappa shape index (κ1) is 17.0. The Balaban J connectivity index is 1.64. The van der Waals surface area contributed by atoms with Gasteiger partial charge in [-0.3, -0.25) is 9.59 Å². The first-order valence-corrected chi connectivity index (χ1v) is 10.00. The maximum absolute atomic E-state index is 12.5. The second-order valence-corrected chi connectivity index (χ2v) is 8.26. The number of ether oxygens (including phenoxy) is 1. The van der Waals surface area contributed by atoms with Crippen molar-refractivity contribution in [2.45, 2.75) is 44.6 Å². The third-order valence-electron chi connectivity index (χ3n) is 4.23. The van der Waals surface area contributed by atoms with Gasteiger partial charge in [0.2, 0.25) is 5.91 Å². The lowest BCUT2D eigenvalue weighted by Crippen LogP contribution is -2.48. The van der Waals surface area contributed by atoms with Crippen LogP contribution in [0.5, 0.6) is 0 Å². The average Bonchev–Trinajstić information content (AvgIpc) is 2.90. The van der Waals surface area contributed by atoms with E-state index in [4.69, 9.17) is 9.84 Å². The quantitative estimate of drug-likeness (QED) is 0.524. The topological polar surface area (TPSA) is 75.6 Å². The lowest BCUT2D eigenvalue weighted by atomic mass is 9.70. The fourth-order valence-electron chi connectivity index (χ4n) is 3.12. The maximum Gasteiger partial charge on any atom is 0.304 e. The van der Waals surface area contributed by atoms with Gasteiger partial charge in [0.05, 0.1) is 17.9 Å². The summed E-state index contributed by atoms with van der Waals surface area (Å²) in [5, 5.41) is 11.6. The third-order valence-corrected chi connectivity index (χ3v) is 6.64. The van der Waals surface area contributed by atoms with Crippen molar-refractivity contribution < 1.29 is 19.4 Å². The van der Waals surface area contributed by atoms with E-state index < -0.39 is 5.97 Å². The molecule has 2 aliphatic rings. The van der Waals surface area contributed by atoms with Crippen molar-refractivity contribution in [3.63, 3.8) is 0 Å². The van der Waals surface area contributed by atoms with Crippen molar-refractivity contribution in [2.24, 2.45) is 5.41 Å². The Hall–Kier alpha value is -0.400. The molecule has 1 aliphatic carbocycles. The van der Waals surface area contributed by atoms with Crippen LogP contribution >= 0.6 is 21.6 Å². The van der Waals surface area contributed by atoms with Crippen LogP contribution in [0.3, 0.4) is 0 Å². The SMILES string of the molecule is O=C(O)CCSSCCNC(=O)C12CCCCC1OCC2. The van der Waals surface area contributed by atoms with Crippen LogP contribution in [-0.4, -0.2) is 47.7 Å². The van der Waals surface area contributed by atoms with E-state index in [2.05, 4.69) is 5.32 Å². The molecule has 1 saturated heterocycles. The molecule has 2 rings (SSSR count). The van der Waals surface area contributed by atoms with Gasteiger partial charge in [-0.15, -0.1) is 0 Å². The van der Waals surface area contributed by atoms with Gasteiger partial charge in [-0.25, -0.2) is 0 Å². The van der Waals surface area contributed by atoms with Gasteiger partial charge in [0, 0.05) is 24.7 Å². The van der Waals surface area contributed by atoms with Crippen LogP contribution < -0.4 is 5.32 Å². The van der Waals surface area contributed by atoms with Gasteiger partial charge in [0.1, 0.15) is 0 Å². The molecule has 0 aromatic carbocycles. The first-order chi connectivity index (χ1) is 10.1. The van der Waals surface area contributed by atoms with Crippen molar-refractivity contribution in [2.75, 3.05) is 24.7 Å². The molecule has 1 aliphatic heterocycles. The molecule has 1 saturated carbocycles. The molecular formula is C14H23NO4S2. The van der Waals surface area contributed by atoms with Crippen LogP contribution in [-0.2, 0) is 14.3 Å². The second kappa shape index (κ2) is 8.29. The Morgan fingerprint density at radius 1 is 1.24 bits per heavy atom. The summed E-state index contributed by atoms with van der Waals surface area (Å²) >= 11 is 0. The highest BCUT2D eigenvalue weighted by Crippen LogP contribution is 2.45. The fraction of sp³-hybridized carbons (Fsp3) is 0.857. The fourth-order valence-corrected chi connectivity index (χ4v) is 5.01. The second-order valence-electron chi connectivity index (χ2n) is 5.55. The summed E-state index contributed by atoms with van der Waals surface area (Å²) in [7, 11) is 3.16. The minimum Gasteiger partial charge on any atom is -0.481 e. The minimum absolute atomic E-state index is 0.115. The number of carbonyl (C=O) groups is 2. The summed E-state index contributed by atoms with van der Waals surface area (Å²) in [6.07, 6.45) is 5.39. The van der Waals surface area contributed by atoms with Gasteiger partial charge >= 0.3 is 5.97 Å². The highest BCUT2D eigenvalue weighted by Gasteiger charge is 2.50. The predicted molar refractivity (Wildman–Crippen MR) is 85.4 cm³/mol. The molecule has 0 spiro atoms. The summed E-state index contributed by atoms with van der Waals surface area (Å²) in [5.41, 5.74) is -0.278. The van der Waals surface area contributed by atoms with Crippen molar-refractivity contribution in [1.82, 2.24) is 5.32 Å². The predicted octanol–water partition coefficient (Wildman–Crippen LogP) is 2.31. The summed E-state index contributed by atoms with van der Waals surface area (Å²) < 4.78 is 5.74. The Morgan fingerprint density at radius 2 is 2.05 bits per heavy atom.